The number of anilines is 3. The van der Waals surface area contributed by atoms with Crippen molar-refractivity contribution in [2.45, 2.75) is 19.9 Å². The van der Waals surface area contributed by atoms with Crippen molar-refractivity contribution in [3.8, 4) is 0 Å². The highest BCUT2D eigenvalue weighted by Gasteiger charge is 2.15. The van der Waals surface area contributed by atoms with E-state index >= 15 is 0 Å². The second kappa shape index (κ2) is 5.33. The summed E-state index contributed by atoms with van der Waals surface area (Å²) in [7, 11) is 1.74. The van der Waals surface area contributed by atoms with Crippen LogP contribution in [0, 0.1) is 0 Å². The van der Waals surface area contributed by atoms with E-state index in [1.165, 1.54) is 0 Å². The van der Waals surface area contributed by atoms with Crippen molar-refractivity contribution in [1.29, 1.82) is 0 Å². The molecule has 0 radical (unpaired) electrons. The number of hydrogen-bond donors (Lipinski definition) is 3. The smallest absolute Gasteiger partial charge is 0.237 e. The fourth-order valence-corrected chi connectivity index (χ4v) is 1.42. The summed E-state index contributed by atoms with van der Waals surface area (Å²) in [6.07, 6.45) is 0. The molecule has 1 aromatic heterocycles. The van der Waals surface area contributed by atoms with E-state index in [2.05, 4.69) is 15.3 Å². The monoisotopic (exact) mass is 238 g/mol. The lowest BCUT2D eigenvalue weighted by molar-refractivity contribution is -0.116. The molecule has 7 nitrogen and oxygen atoms in total. The third-order valence-corrected chi connectivity index (χ3v) is 2.23. The first-order valence-electron chi connectivity index (χ1n) is 5.31. The van der Waals surface area contributed by atoms with Crippen LogP contribution < -0.4 is 21.7 Å². The molecule has 0 atom stereocenters. The number of nitrogens with two attached hydrogens (primary N) is 2. The van der Waals surface area contributed by atoms with Gasteiger partial charge in [-0.25, -0.2) is 0 Å². The summed E-state index contributed by atoms with van der Waals surface area (Å²) < 4.78 is 0. The molecule has 0 aromatic carbocycles. The maximum Gasteiger partial charge on any atom is 0.237 e. The van der Waals surface area contributed by atoms with Gasteiger partial charge in [-0.3, -0.25) is 4.79 Å². The lowest BCUT2D eigenvalue weighted by Crippen LogP contribution is -2.39. The lowest BCUT2D eigenvalue weighted by Gasteiger charge is -2.26. The second-order valence-electron chi connectivity index (χ2n) is 3.91. The quantitative estimate of drug-likeness (QED) is 0.655. The van der Waals surface area contributed by atoms with Gasteiger partial charge in [0.05, 0.1) is 6.54 Å². The van der Waals surface area contributed by atoms with Gasteiger partial charge in [0.25, 0.3) is 0 Å². The van der Waals surface area contributed by atoms with E-state index < -0.39 is 5.91 Å². The molecule has 1 amide bonds. The molecule has 0 fully saturated rings. The molecule has 7 heteroatoms. The van der Waals surface area contributed by atoms with Crippen LogP contribution in [0.25, 0.3) is 0 Å². The molecule has 0 saturated heterocycles. The highest BCUT2D eigenvalue weighted by Crippen LogP contribution is 2.18. The Morgan fingerprint density at radius 2 is 2.18 bits per heavy atom. The van der Waals surface area contributed by atoms with E-state index in [1.807, 2.05) is 13.8 Å². The highest BCUT2D eigenvalue weighted by molar-refractivity contribution is 5.79. The standard InChI is InChI=1S/C10H18N6O/c1-6(2)16(5-7(11)17)9-4-8(13-3)14-10(12)15-9/h4,6H,5H2,1-3H3,(H2,11,17)(H3,12,13,14,15). The Morgan fingerprint density at radius 3 is 2.65 bits per heavy atom. The lowest BCUT2D eigenvalue weighted by atomic mass is 10.3. The van der Waals surface area contributed by atoms with Gasteiger partial charge in [0, 0.05) is 19.2 Å². The summed E-state index contributed by atoms with van der Waals surface area (Å²) >= 11 is 0. The molecular formula is C10H18N6O. The van der Waals surface area contributed by atoms with Gasteiger partial charge in [-0.1, -0.05) is 0 Å². The number of amides is 1. The third kappa shape index (κ3) is 3.47. The summed E-state index contributed by atoms with van der Waals surface area (Å²) in [6.45, 7) is 3.98. The zero-order valence-corrected chi connectivity index (χ0v) is 10.3. The van der Waals surface area contributed by atoms with E-state index in [0.717, 1.165) is 0 Å². The van der Waals surface area contributed by atoms with Gasteiger partial charge in [-0.2, -0.15) is 9.97 Å². The van der Waals surface area contributed by atoms with Crippen molar-refractivity contribution < 1.29 is 4.79 Å². The Hall–Kier alpha value is -2.05. The predicted octanol–water partition coefficient (Wildman–Crippen LogP) is -0.199. The molecule has 1 rings (SSSR count). The molecule has 5 N–H and O–H groups in total. The van der Waals surface area contributed by atoms with Gasteiger partial charge in [0.15, 0.2) is 0 Å². The van der Waals surface area contributed by atoms with E-state index in [4.69, 9.17) is 11.5 Å². The number of rotatable bonds is 5. The maximum absolute atomic E-state index is 11.0. The fraction of sp³-hybridized carbons (Fsp3) is 0.500. The van der Waals surface area contributed by atoms with Crippen LogP contribution in [0.5, 0.6) is 0 Å². The minimum Gasteiger partial charge on any atom is -0.373 e. The van der Waals surface area contributed by atoms with Crippen LogP contribution in [-0.2, 0) is 4.79 Å². The first-order chi connectivity index (χ1) is 7.93. The van der Waals surface area contributed by atoms with Crippen molar-refractivity contribution in [1.82, 2.24) is 9.97 Å². The Bertz CT molecular complexity index is 406. The highest BCUT2D eigenvalue weighted by atomic mass is 16.1. The Balaban J connectivity index is 3.08. The number of nitrogen functional groups attached to an aromatic ring is 1. The average molecular weight is 238 g/mol. The Morgan fingerprint density at radius 1 is 1.53 bits per heavy atom. The first kappa shape index (κ1) is 13.0. The minimum absolute atomic E-state index is 0.0847. The largest absolute Gasteiger partial charge is 0.373 e. The molecule has 0 unspecified atom stereocenters. The topological polar surface area (TPSA) is 110 Å². The van der Waals surface area contributed by atoms with Gasteiger partial charge >= 0.3 is 0 Å². The molecule has 1 aromatic rings. The number of nitrogens with one attached hydrogen (secondary N) is 1. The molecule has 0 aliphatic heterocycles. The second-order valence-corrected chi connectivity index (χ2v) is 3.91. The van der Waals surface area contributed by atoms with Gasteiger partial charge in [0.2, 0.25) is 11.9 Å². The van der Waals surface area contributed by atoms with Crippen LogP contribution in [0.1, 0.15) is 13.8 Å². The van der Waals surface area contributed by atoms with E-state index in [0.29, 0.717) is 11.6 Å². The predicted molar refractivity (Wildman–Crippen MR) is 67.7 cm³/mol. The van der Waals surface area contributed by atoms with Gasteiger partial charge < -0.3 is 21.7 Å². The number of primary amides is 1. The summed E-state index contributed by atoms with van der Waals surface area (Å²) in [5.74, 6) is 0.919. The third-order valence-electron chi connectivity index (χ3n) is 2.23. The van der Waals surface area contributed by atoms with Crippen LogP contribution in [0.3, 0.4) is 0 Å². The maximum atomic E-state index is 11.0. The van der Waals surface area contributed by atoms with Gasteiger partial charge in [0.1, 0.15) is 11.6 Å². The van der Waals surface area contributed by atoms with Crippen molar-refractivity contribution in [3.05, 3.63) is 6.07 Å². The SMILES string of the molecule is CNc1cc(N(CC(N)=O)C(C)C)nc(N)n1. The molecule has 0 aliphatic carbocycles. The number of aromatic nitrogens is 2. The molecular weight excluding hydrogens is 220 g/mol. The van der Waals surface area contributed by atoms with Gasteiger partial charge in [-0.15, -0.1) is 0 Å². The van der Waals surface area contributed by atoms with Crippen LogP contribution in [0.15, 0.2) is 6.07 Å². The van der Waals surface area contributed by atoms with Crippen LogP contribution in [0.2, 0.25) is 0 Å². The summed E-state index contributed by atoms with van der Waals surface area (Å²) in [5, 5.41) is 2.88. The number of nitrogens with zero attached hydrogens (tertiary/aromatic N) is 3. The van der Waals surface area contributed by atoms with Gasteiger partial charge in [-0.05, 0) is 13.8 Å². The molecule has 17 heavy (non-hydrogen) atoms. The zero-order valence-electron chi connectivity index (χ0n) is 10.3. The van der Waals surface area contributed by atoms with Crippen LogP contribution in [-0.4, -0.2) is 35.5 Å². The summed E-state index contributed by atoms with van der Waals surface area (Å²) in [5.41, 5.74) is 10.8. The zero-order chi connectivity index (χ0) is 13.0. The minimum atomic E-state index is -0.415. The van der Waals surface area contributed by atoms with E-state index in [1.54, 1.807) is 18.0 Å². The summed E-state index contributed by atoms with van der Waals surface area (Å²) in [4.78, 5) is 20.9. The summed E-state index contributed by atoms with van der Waals surface area (Å²) in [6, 6.07) is 1.81. The van der Waals surface area contributed by atoms with Crippen molar-refractivity contribution in [3.63, 3.8) is 0 Å². The van der Waals surface area contributed by atoms with E-state index in [9.17, 15) is 4.79 Å². The average Bonchev–Trinajstić information content (AvgIpc) is 2.24. The molecule has 0 spiro atoms. The molecule has 94 valence electrons. The van der Waals surface area contributed by atoms with Crippen molar-refractivity contribution in [2.75, 3.05) is 29.5 Å². The van der Waals surface area contributed by atoms with Crippen LogP contribution >= 0.6 is 0 Å². The first-order valence-corrected chi connectivity index (χ1v) is 5.31. The Kier molecular flexibility index (Phi) is 4.08. The molecule has 1 heterocycles. The van der Waals surface area contributed by atoms with E-state index in [-0.39, 0.29) is 18.5 Å². The Labute approximate surface area is 100 Å². The number of hydrogen-bond acceptors (Lipinski definition) is 6. The van der Waals surface area contributed by atoms with Crippen LogP contribution in [0.4, 0.5) is 17.6 Å². The fourth-order valence-electron chi connectivity index (χ4n) is 1.42. The molecule has 0 bridgehead atoms. The van der Waals surface area contributed by atoms with Crippen molar-refractivity contribution >= 4 is 23.5 Å². The van der Waals surface area contributed by atoms with Crippen molar-refractivity contribution in [2.24, 2.45) is 5.73 Å². The number of carbonyl (C=O) groups is 1. The number of carbonyl (C=O) groups excluding carboxylic acids is 1. The molecule has 0 aliphatic rings. The molecule has 0 saturated carbocycles. The normalized spacial score (nSPS) is 10.4.